The van der Waals surface area contributed by atoms with Crippen molar-refractivity contribution in [3.8, 4) is 0 Å². The molecule has 2 aromatic carbocycles. The number of benzene rings is 2. The molecule has 0 saturated heterocycles. The monoisotopic (exact) mass is 350 g/mol. The predicted molar refractivity (Wildman–Crippen MR) is 87.8 cm³/mol. The van der Waals surface area contributed by atoms with Gasteiger partial charge in [-0.25, -0.2) is 0 Å². The molecule has 2 rings (SSSR count). The van der Waals surface area contributed by atoms with Crippen LogP contribution >= 0.6 is 0 Å². The molecule has 2 amide bonds. The Labute approximate surface area is 143 Å². The van der Waals surface area contributed by atoms with Crippen LogP contribution in [0.2, 0.25) is 0 Å². The first kappa shape index (κ1) is 18.5. The number of rotatable bonds is 5. The molecule has 0 radical (unpaired) electrons. The zero-order chi connectivity index (χ0) is 18.4. The van der Waals surface area contributed by atoms with Crippen LogP contribution in [0.3, 0.4) is 0 Å². The van der Waals surface area contributed by atoms with Gasteiger partial charge < -0.3 is 10.6 Å². The maximum Gasteiger partial charge on any atom is 0.471 e. The summed E-state index contributed by atoms with van der Waals surface area (Å²) in [6.07, 6.45) is -5.33. The number of anilines is 1. The standard InChI is InChI=1S/C18H17F3N2O2/c1-12-7-5-6-10-14(12)22-16(24)11-15(13-8-3-2-4-9-13)23-17(25)18(19,20)21/h2-10,15H,11H2,1H3,(H,22,24)(H,23,25)/t15-/m0/s1. The van der Waals surface area contributed by atoms with Gasteiger partial charge in [-0.1, -0.05) is 48.5 Å². The van der Waals surface area contributed by atoms with Crippen molar-refractivity contribution in [1.82, 2.24) is 5.32 Å². The maximum atomic E-state index is 12.5. The maximum absolute atomic E-state index is 12.5. The Morgan fingerprint density at radius 1 is 1.00 bits per heavy atom. The molecule has 0 heterocycles. The minimum absolute atomic E-state index is 0.319. The highest BCUT2D eigenvalue weighted by Crippen LogP contribution is 2.22. The molecule has 0 spiro atoms. The number of hydrogen-bond acceptors (Lipinski definition) is 2. The molecule has 1 atom stereocenters. The lowest BCUT2D eigenvalue weighted by atomic mass is 10.0. The van der Waals surface area contributed by atoms with Crippen molar-refractivity contribution < 1.29 is 22.8 Å². The van der Waals surface area contributed by atoms with Gasteiger partial charge in [0.1, 0.15) is 0 Å². The van der Waals surface area contributed by atoms with Crippen LogP contribution in [0.4, 0.5) is 18.9 Å². The number of carbonyl (C=O) groups excluding carboxylic acids is 2. The van der Waals surface area contributed by atoms with Crippen molar-refractivity contribution in [1.29, 1.82) is 0 Å². The van der Waals surface area contributed by atoms with E-state index < -0.39 is 24.0 Å². The van der Waals surface area contributed by atoms with Crippen LogP contribution < -0.4 is 10.6 Å². The van der Waals surface area contributed by atoms with Crippen molar-refractivity contribution >= 4 is 17.5 Å². The van der Waals surface area contributed by atoms with Crippen molar-refractivity contribution in [3.63, 3.8) is 0 Å². The molecule has 0 unspecified atom stereocenters. The number of alkyl halides is 3. The Morgan fingerprint density at radius 3 is 2.20 bits per heavy atom. The second-order valence-electron chi connectivity index (χ2n) is 5.50. The van der Waals surface area contributed by atoms with Gasteiger partial charge in [0.15, 0.2) is 0 Å². The summed E-state index contributed by atoms with van der Waals surface area (Å²) < 4.78 is 37.6. The average Bonchev–Trinajstić information content (AvgIpc) is 2.56. The largest absolute Gasteiger partial charge is 0.471 e. The van der Waals surface area contributed by atoms with Crippen LogP contribution in [0.15, 0.2) is 54.6 Å². The van der Waals surface area contributed by atoms with Gasteiger partial charge in [-0.15, -0.1) is 0 Å². The molecular weight excluding hydrogens is 333 g/mol. The van der Waals surface area contributed by atoms with E-state index in [1.54, 1.807) is 61.5 Å². The number of hydrogen-bond donors (Lipinski definition) is 2. The molecule has 0 saturated carbocycles. The second-order valence-corrected chi connectivity index (χ2v) is 5.50. The Morgan fingerprint density at radius 2 is 1.60 bits per heavy atom. The number of para-hydroxylation sites is 1. The average molecular weight is 350 g/mol. The fourth-order valence-corrected chi connectivity index (χ4v) is 2.28. The SMILES string of the molecule is Cc1ccccc1NC(=O)C[C@H](NC(=O)C(F)(F)F)c1ccccc1. The summed E-state index contributed by atoms with van der Waals surface area (Å²) in [4.78, 5) is 23.5. The van der Waals surface area contributed by atoms with E-state index in [0.717, 1.165) is 5.56 Å². The van der Waals surface area contributed by atoms with E-state index in [4.69, 9.17) is 0 Å². The summed E-state index contributed by atoms with van der Waals surface area (Å²) in [6, 6.07) is 14.0. The van der Waals surface area contributed by atoms with Gasteiger partial charge in [0.25, 0.3) is 0 Å². The van der Waals surface area contributed by atoms with E-state index in [1.165, 1.54) is 0 Å². The Bertz CT molecular complexity index is 745. The van der Waals surface area contributed by atoms with E-state index >= 15 is 0 Å². The molecule has 25 heavy (non-hydrogen) atoms. The highest BCUT2D eigenvalue weighted by molar-refractivity contribution is 5.92. The molecule has 132 valence electrons. The predicted octanol–water partition coefficient (Wildman–Crippen LogP) is 3.74. The molecule has 0 aliphatic carbocycles. The molecule has 2 N–H and O–H groups in total. The fraction of sp³-hybridized carbons (Fsp3) is 0.222. The van der Waals surface area contributed by atoms with Crippen molar-refractivity contribution in [3.05, 3.63) is 65.7 Å². The van der Waals surface area contributed by atoms with Crippen LogP contribution in [0.5, 0.6) is 0 Å². The van der Waals surface area contributed by atoms with Crippen molar-refractivity contribution in [2.24, 2.45) is 0 Å². The smallest absolute Gasteiger partial charge is 0.341 e. The summed E-state index contributed by atoms with van der Waals surface area (Å²) in [5.74, 6) is -2.57. The van der Waals surface area contributed by atoms with E-state index in [2.05, 4.69) is 5.32 Å². The number of aryl methyl sites for hydroxylation is 1. The highest BCUT2D eigenvalue weighted by Gasteiger charge is 2.40. The summed E-state index contributed by atoms with van der Waals surface area (Å²) in [5.41, 5.74) is 1.81. The van der Waals surface area contributed by atoms with Gasteiger partial charge in [-0.3, -0.25) is 9.59 Å². The van der Waals surface area contributed by atoms with Crippen molar-refractivity contribution in [2.45, 2.75) is 25.6 Å². The molecule has 0 aliphatic heterocycles. The third-order valence-corrected chi connectivity index (χ3v) is 3.57. The lowest BCUT2D eigenvalue weighted by molar-refractivity contribution is -0.174. The molecule has 0 fully saturated rings. The topological polar surface area (TPSA) is 58.2 Å². The lowest BCUT2D eigenvalue weighted by Crippen LogP contribution is -2.40. The van der Waals surface area contributed by atoms with Gasteiger partial charge >= 0.3 is 12.1 Å². The normalized spacial score (nSPS) is 12.3. The minimum atomic E-state index is -5.01. The fourth-order valence-electron chi connectivity index (χ4n) is 2.28. The lowest BCUT2D eigenvalue weighted by Gasteiger charge is -2.20. The van der Waals surface area contributed by atoms with Gasteiger partial charge in [-0.2, -0.15) is 13.2 Å². The summed E-state index contributed by atoms with van der Waals surface area (Å²) in [5, 5.41) is 4.53. The quantitative estimate of drug-likeness (QED) is 0.863. The van der Waals surface area contributed by atoms with Gasteiger partial charge in [0, 0.05) is 5.69 Å². The summed E-state index contributed by atoms with van der Waals surface area (Å²) in [6.45, 7) is 1.80. The highest BCUT2D eigenvalue weighted by atomic mass is 19.4. The molecule has 4 nitrogen and oxygen atoms in total. The molecule has 2 aromatic rings. The second kappa shape index (κ2) is 7.83. The Kier molecular flexibility index (Phi) is 5.80. The summed E-state index contributed by atoms with van der Waals surface area (Å²) in [7, 11) is 0. The molecular formula is C18H17F3N2O2. The van der Waals surface area contributed by atoms with Crippen molar-refractivity contribution in [2.75, 3.05) is 5.32 Å². The van der Waals surface area contributed by atoms with Crippen LogP contribution in [-0.4, -0.2) is 18.0 Å². The zero-order valence-corrected chi connectivity index (χ0v) is 13.4. The Balaban J connectivity index is 2.14. The molecule has 7 heteroatoms. The van der Waals surface area contributed by atoms with Gasteiger partial charge in [0.2, 0.25) is 5.91 Å². The third kappa shape index (κ3) is 5.34. The Hall–Kier alpha value is -2.83. The molecule has 0 aliphatic rings. The molecule has 0 bridgehead atoms. The van der Waals surface area contributed by atoms with E-state index in [1.807, 2.05) is 5.32 Å². The first-order valence-corrected chi connectivity index (χ1v) is 7.55. The zero-order valence-electron chi connectivity index (χ0n) is 13.4. The first-order chi connectivity index (χ1) is 11.8. The van der Waals surface area contributed by atoms with Crippen LogP contribution in [-0.2, 0) is 9.59 Å². The number of carbonyl (C=O) groups is 2. The summed E-state index contributed by atoms with van der Waals surface area (Å²) >= 11 is 0. The molecule has 0 aromatic heterocycles. The van der Waals surface area contributed by atoms with E-state index in [0.29, 0.717) is 11.3 Å². The first-order valence-electron chi connectivity index (χ1n) is 7.55. The minimum Gasteiger partial charge on any atom is -0.341 e. The third-order valence-electron chi connectivity index (χ3n) is 3.57. The number of amides is 2. The van der Waals surface area contributed by atoms with E-state index in [9.17, 15) is 22.8 Å². The number of halogens is 3. The van der Waals surface area contributed by atoms with Crippen LogP contribution in [0.25, 0.3) is 0 Å². The van der Waals surface area contributed by atoms with Gasteiger partial charge in [0.05, 0.1) is 12.5 Å². The van der Waals surface area contributed by atoms with Crippen LogP contribution in [0, 0.1) is 6.92 Å². The van der Waals surface area contributed by atoms with Crippen LogP contribution in [0.1, 0.15) is 23.6 Å². The number of nitrogens with one attached hydrogen (secondary N) is 2. The van der Waals surface area contributed by atoms with Gasteiger partial charge in [-0.05, 0) is 24.1 Å². The van der Waals surface area contributed by atoms with E-state index in [-0.39, 0.29) is 6.42 Å².